The van der Waals surface area contributed by atoms with Crippen molar-refractivity contribution < 1.29 is 0 Å². The van der Waals surface area contributed by atoms with Crippen LogP contribution in [0.25, 0.3) is 5.65 Å². The zero-order valence-electron chi connectivity index (χ0n) is 15.1. The van der Waals surface area contributed by atoms with Crippen LogP contribution in [-0.4, -0.2) is 9.38 Å². The highest BCUT2D eigenvalue weighted by atomic mass is 35.5. The molecule has 0 unspecified atom stereocenters. The average Bonchev–Trinajstić information content (AvgIpc) is 2.98. The smallest absolute Gasteiger partial charge is 0.157 e. The van der Waals surface area contributed by atoms with Crippen molar-refractivity contribution in [1.29, 1.82) is 0 Å². The number of nitrogens with zero attached hydrogens (tertiary/aromatic N) is 2. The second-order valence-electron chi connectivity index (χ2n) is 7.27. The van der Waals surface area contributed by atoms with Crippen LogP contribution in [0.15, 0.2) is 30.5 Å². The molecule has 1 saturated carbocycles. The molecule has 1 fully saturated rings. The van der Waals surface area contributed by atoms with E-state index in [1.807, 2.05) is 10.6 Å². The molecule has 0 radical (unpaired) electrons. The van der Waals surface area contributed by atoms with Gasteiger partial charge in [0, 0.05) is 17.8 Å². The molecular formula is C21H23Cl2N3. The third-order valence-corrected chi connectivity index (χ3v) is 5.87. The first-order chi connectivity index (χ1) is 12.5. The molecule has 1 N–H and O–H groups in total. The molecule has 0 amide bonds. The first-order valence-electron chi connectivity index (χ1n) is 9.25. The van der Waals surface area contributed by atoms with Crippen LogP contribution in [0.4, 0.5) is 11.5 Å². The number of anilines is 2. The second kappa shape index (κ2) is 7.13. The third kappa shape index (κ3) is 3.19. The number of benzene rings is 1. The summed E-state index contributed by atoms with van der Waals surface area (Å²) in [7, 11) is 0. The van der Waals surface area contributed by atoms with E-state index in [0.717, 1.165) is 22.8 Å². The first-order valence-corrected chi connectivity index (χ1v) is 10.0. The van der Waals surface area contributed by atoms with Crippen LogP contribution in [0.5, 0.6) is 0 Å². The monoisotopic (exact) mass is 387 g/mol. The molecular weight excluding hydrogens is 365 g/mol. The number of fused-ring (bicyclic) bond motifs is 1. The number of nitrogens with one attached hydrogen (secondary N) is 1. The minimum absolute atomic E-state index is 0.463. The predicted molar refractivity (Wildman–Crippen MR) is 110 cm³/mol. The summed E-state index contributed by atoms with van der Waals surface area (Å²) in [4.78, 5) is 4.94. The number of aromatic nitrogens is 2. The Labute approximate surface area is 164 Å². The van der Waals surface area contributed by atoms with Crippen LogP contribution in [-0.2, 0) is 0 Å². The molecule has 4 rings (SSSR count). The van der Waals surface area contributed by atoms with Gasteiger partial charge in [-0.15, -0.1) is 0 Å². The lowest BCUT2D eigenvalue weighted by atomic mass is 9.87. The van der Waals surface area contributed by atoms with Gasteiger partial charge in [0.15, 0.2) is 5.65 Å². The van der Waals surface area contributed by atoms with Crippen molar-refractivity contribution in [2.24, 2.45) is 0 Å². The van der Waals surface area contributed by atoms with Crippen molar-refractivity contribution in [3.63, 3.8) is 0 Å². The summed E-state index contributed by atoms with van der Waals surface area (Å²) >= 11 is 12.8. The number of para-hydroxylation sites is 1. The van der Waals surface area contributed by atoms with E-state index in [1.165, 1.54) is 43.2 Å². The Hall–Kier alpha value is -1.71. The fraction of sp³-hybridized carbons (Fsp3) is 0.381. The number of aryl methyl sites for hydroxylation is 2. The summed E-state index contributed by atoms with van der Waals surface area (Å²) in [6.45, 7) is 4.25. The predicted octanol–water partition coefficient (Wildman–Crippen LogP) is 7.05. The molecule has 2 heterocycles. The van der Waals surface area contributed by atoms with E-state index in [-0.39, 0.29) is 0 Å². The molecule has 0 atom stereocenters. The largest absolute Gasteiger partial charge is 0.339 e. The highest BCUT2D eigenvalue weighted by molar-refractivity contribution is 6.36. The number of hydrogen-bond acceptors (Lipinski definition) is 2. The van der Waals surface area contributed by atoms with Crippen LogP contribution < -0.4 is 5.32 Å². The molecule has 5 heteroatoms. The lowest BCUT2D eigenvalue weighted by Gasteiger charge is -2.22. The minimum atomic E-state index is 0.463. The van der Waals surface area contributed by atoms with E-state index >= 15 is 0 Å². The zero-order valence-corrected chi connectivity index (χ0v) is 16.7. The lowest BCUT2D eigenvalue weighted by molar-refractivity contribution is 0.439. The summed E-state index contributed by atoms with van der Waals surface area (Å²) in [6.07, 6.45) is 8.09. The van der Waals surface area contributed by atoms with Gasteiger partial charge in [-0.1, -0.05) is 60.7 Å². The molecule has 2 aromatic heterocycles. The summed E-state index contributed by atoms with van der Waals surface area (Å²) in [5, 5.41) is 4.86. The van der Waals surface area contributed by atoms with Gasteiger partial charge in [0.25, 0.3) is 0 Å². The average molecular weight is 388 g/mol. The normalized spacial score (nSPS) is 15.5. The lowest BCUT2D eigenvalue weighted by Crippen LogP contribution is -2.08. The summed E-state index contributed by atoms with van der Waals surface area (Å²) in [5.74, 6) is 1.46. The van der Waals surface area contributed by atoms with E-state index in [9.17, 15) is 0 Å². The highest BCUT2D eigenvalue weighted by Gasteiger charge is 2.25. The van der Waals surface area contributed by atoms with E-state index in [2.05, 4.69) is 37.4 Å². The van der Waals surface area contributed by atoms with Crippen molar-refractivity contribution in [2.45, 2.75) is 51.9 Å². The molecule has 1 aliphatic rings. The minimum Gasteiger partial charge on any atom is -0.339 e. The number of imidazole rings is 1. The molecule has 26 heavy (non-hydrogen) atoms. The van der Waals surface area contributed by atoms with Gasteiger partial charge in [-0.25, -0.2) is 4.98 Å². The van der Waals surface area contributed by atoms with E-state index < -0.39 is 0 Å². The Balaban J connectivity index is 1.90. The van der Waals surface area contributed by atoms with Gasteiger partial charge in [-0.2, -0.15) is 0 Å². The van der Waals surface area contributed by atoms with Crippen molar-refractivity contribution >= 4 is 40.4 Å². The summed E-state index contributed by atoms with van der Waals surface area (Å²) in [6, 6.07) is 8.09. The van der Waals surface area contributed by atoms with Crippen molar-refractivity contribution in [3.05, 3.63) is 57.3 Å². The van der Waals surface area contributed by atoms with Gasteiger partial charge in [0.1, 0.15) is 5.82 Å². The molecule has 3 nitrogen and oxygen atoms in total. The Morgan fingerprint density at radius 1 is 1.08 bits per heavy atom. The second-order valence-corrected chi connectivity index (χ2v) is 8.12. The molecule has 136 valence electrons. The Bertz CT molecular complexity index is 935. The Morgan fingerprint density at radius 3 is 2.46 bits per heavy atom. The third-order valence-electron chi connectivity index (χ3n) is 5.39. The van der Waals surface area contributed by atoms with E-state index in [0.29, 0.717) is 16.0 Å². The van der Waals surface area contributed by atoms with Crippen LogP contribution in [0.1, 0.15) is 54.8 Å². The number of pyridine rings is 1. The van der Waals surface area contributed by atoms with Crippen molar-refractivity contribution in [3.8, 4) is 0 Å². The van der Waals surface area contributed by atoms with Gasteiger partial charge in [-0.05, 0) is 43.9 Å². The molecule has 0 aliphatic heterocycles. The van der Waals surface area contributed by atoms with Crippen LogP contribution >= 0.6 is 23.2 Å². The number of halogens is 2. The SMILES string of the molecule is Cc1cccc(C)c1Nc1c(C2CCCCC2)nc2c(Cl)cc(Cl)cn12. The van der Waals surface area contributed by atoms with Gasteiger partial charge >= 0.3 is 0 Å². The van der Waals surface area contributed by atoms with Crippen molar-refractivity contribution in [1.82, 2.24) is 9.38 Å². The van der Waals surface area contributed by atoms with Gasteiger partial charge < -0.3 is 5.32 Å². The van der Waals surface area contributed by atoms with Crippen LogP contribution in [0.3, 0.4) is 0 Å². The van der Waals surface area contributed by atoms with E-state index in [1.54, 1.807) is 6.07 Å². The zero-order chi connectivity index (χ0) is 18.3. The maximum atomic E-state index is 6.46. The fourth-order valence-corrected chi connectivity index (χ4v) is 4.52. The Kier molecular flexibility index (Phi) is 4.85. The molecule has 1 aromatic carbocycles. The summed E-state index contributed by atoms with van der Waals surface area (Å²) in [5.41, 5.74) is 5.43. The first kappa shape index (κ1) is 17.7. The molecule has 0 bridgehead atoms. The summed E-state index contributed by atoms with van der Waals surface area (Å²) < 4.78 is 2.01. The maximum absolute atomic E-state index is 6.46. The molecule has 3 aromatic rings. The highest BCUT2D eigenvalue weighted by Crippen LogP contribution is 2.39. The maximum Gasteiger partial charge on any atom is 0.157 e. The van der Waals surface area contributed by atoms with E-state index in [4.69, 9.17) is 28.2 Å². The number of rotatable bonds is 3. The number of hydrogen-bond donors (Lipinski definition) is 1. The molecule has 0 spiro atoms. The molecule has 0 saturated heterocycles. The quantitative estimate of drug-likeness (QED) is 0.521. The van der Waals surface area contributed by atoms with Gasteiger partial charge in [0.05, 0.1) is 15.7 Å². The van der Waals surface area contributed by atoms with Gasteiger partial charge in [0.2, 0.25) is 0 Å². The topological polar surface area (TPSA) is 29.3 Å². The molecule has 1 aliphatic carbocycles. The van der Waals surface area contributed by atoms with Crippen LogP contribution in [0.2, 0.25) is 10.0 Å². The van der Waals surface area contributed by atoms with Gasteiger partial charge in [-0.3, -0.25) is 4.40 Å². The Morgan fingerprint density at radius 2 is 1.77 bits per heavy atom. The fourth-order valence-electron chi connectivity index (χ4n) is 4.01. The standard InChI is InChI=1S/C21H23Cl2N3/c1-13-7-6-8-14(2)18(13)24-21-19(15-9-4-3-5-10-15)25-20-17(23)11-16(22)12-26(20)21/h6-8,11-12,15,24H,3-5,9-10H2,1-2H3. The van der Waals surface area contributed by atoms with Crippen LogP contribution in [0, 0.1) is 13.8 Å². The van der Waals surface area contributed by atoms with Crippen molar-refractivity contribution in [2.75, 3.05) is 5.32 Å².